The van der Waals surface area contributed by atoms with Gasteiger partial charge in [-0.3, -0.25) is 0 Å². The van der Waals surface area contributed by atoms with Gasteiger partial charge in [-0.2, -0.15) is 0 Å². The Bertz CT molecular complexity index is 1660. The Labute approximate surface area is 213 Å². The molecule has 0 unspecified atom stereocenters. The molecule has 0 aliphatic rings. The molecule has 170 valence electrons. The number of pyridine rings is 1. The zero-order valence-corrected chi connectivity index (χ0v) is 23.2. The van der Waals surface area contributed by atoms with Gasteiger partial charge in [0.05, 0.1) is 0 Å². The monoisotopic (exact) mass is 531 g/mol. The van der Waals surface area contributed by atoms with Gasteiger partial charge >= 0.3 is 196 Å². The van der Waals surface area contributed by atoms with Crippen molar-refractivity contribution in [3.05, 3.63) is 109 Å². The number of nitrogens with zero attached hydrogens (tertiary/aromatic N) is 1. The van der Waals surface area contributed by atoms with Crippen LogP contribution in [0.2, 0.25) is 17.3 Å². The van der Waals surface area contributed by atoms with E-state index < -0.39 is 13.3 Å². The second-order valence-corrected chi connectivity index (χ2v) is 21.9. The van der Waals surface area contributed by atoms with Crippen LogP contribution in [0.3, 0.4) is 0 Å². The van der Waals surface area contributed by atoms with Crippen LogP contribution in [-0.2, 0) is 0 Å². The van der Waals surface area contributed by atoms with Crippen LogP contribution >= 0.6 is 11.3 Å². The van der Waals surface area contributed by atoms with E-state index in [1.807, 2.05) is 17.5 Å². The van der Waals surface area contributed by atoms with Gasteiger partial charge in [0.25, 0.3) is 0 Å². The normalized spacial score (nSPS) is 11.9. The Morgan fingerprint density at radius 3 is 2.06 bits per heavy atom. The summed E-state index contributed by atoms with van der Waals surface area (Å²) in [4.78, 5) is 6.19. The van der Waals surface area contributed by atoms with Crippen molar-refractivity contribution in [2.45, 2.75) is 17.3 Å². The van der Waals surface area contributed by atoms with Crippen molar-refractivity contribution in [2.24, 2.45) is 0 Å². The second kappa shape index (κ2) is 8.78. The van der Waals surface area contributed by atoms with Crippen LogP contribution in [0.15, 0.2) is 109 Å². The van der Waals surface area contributed by atoms with Crippen LogP contribution in [-0.4, -0.2) is 18.3 Å². The molecule has 35 heavy (non-hydrogen) atoms. The van der Waals surface area contributed by atoms with Crippen molar-refractivity contribution in [3.63, 3.8) is 0 Å². The fraction of sp³-hybridized carbons (Fsp3) is 0.0938. The molecule has 6 rings (SSSR count). The molecule has 2 aromatic heterocycles. The fourth-order valence-electron chi connectivity index (χ4n) is 4.75. The van der Waals surface area contributed by atoms with E-state index in [1.54, 1.807) is 0 Å². The third-order valence-electron chi connectivity index (χ3n) is 6.68. The maximum atomic E-state index is 4.90. The number of aromatic nitrogens is 1. The molecule has 0 N–H and O–H groups in total. The molecule has 0 aliphatic heterocycles. The Hall–Kier alpha value is -3.21. The molecule has 3 heteroatoms. The third-order valence-corrected chi connectivity index (χ3v) is 12.1. The van der Waals surface area contributed by atoms with E-state index in [1.165, 1.54) is 52.4 Å². The SMILES string of the molecule is [CH3][Ge]([CH3])([CH3])[c]1ccc2c(-c3cc(-c4ccccc4)c4cc(-c5ccccc5)sc4c3)nccc2c1. The van der Waals surface area contributed by atoms with E-state index in [4.69, 9.17) is 4.98 Å². The van der Waals surface area contributed by atoms with Crippen LogP contribution in [0.1, 0.15) is 0 Å². The van der Waals surface area contributed by atoms with Crippen LogP contribution in [0, 0.1) is 0 Å². The summed E-state index contributed by atoms with van der Waals surface area (Å²) >= 11 is -0.0500. The van der Waals surface area contributed by atoms with Gasteiger partial charge in [-0.05, 0) is 0 Å². The Balaban J connectivity index is 1.60. The van der Waals surface area contributed by atoms with Crippen molar-refractivity contribution in [1.29, 1.82) is 0 Å². The molecule has 0 amide bonds. The average Bonchev–Trinajstić information content (AvgIpc) is 3.32. The molecule has 6 aromatic rings. The number of hydrogen-bond acceptors (Lipinski definition) is 2. The van der Waals surface area contributed by atoms with E-state index in [0.29, 0.717) is 0 Å². The molecule has 1 nitrogen and oxygen atoms in total. The summed E-state index contributed by atoms with van der Waals surface area (Å²) < 4.78 is 2.82. The molecule has 0 saturated carbocycles. The van der Waals surface area contributed by atoms with Gasteiger partial charge in [0.2, 0.25) is 0 Å². The van der Waals surface area contributed by atoms with Crippen LogP contribution in [0.5, 0.6) is 0 Å². The van der Waals surface area contributed by atoms with E-state index in [2.05, 4.69) is 120 Å². The molecule has 0 saturated heterocycles. The van der Waals surface area contributed by atoms with Crippen LogP contribution in [0.4, 0.5) is 0 Å². The van der Waals surface area contributed by atoms with Crippen molar-refractivity contribution < 1.29 is 0 Å². The molecule has 0 atom stereocenters. The quantitative estimate of drug-likeness (QED) is 0.207. The summed E-state index contributed by atoms with van der Waals surface area (Å²) in [6, 6.07) is 37.6. The first-order valence-electron chi connectivity index (χ1n) is 12.1. The first kappa shape index (κ1) is 22.3. The molecular weight excluding hydrogens is 503 g/mol. The van der Waals surface area contributed by atoms with Crippen molar-refractivity contribution in [1.82, 2.24) is 4.98 Å². The molecule has 0 bridgehead atoms. The molecular formula is C32H27GeNS. The van der Waals surface area contributed by atoms with Crippen LogP contribution < -0.4 is 4.40 Å². The van der Waals surface area contributed by atoms with Gasteiger partial charge in [-0.1, -0.05) is 18.2 Å². The van der Waals surface area contributed by atoms with Crippen molar-refractivity contribution >= 4 is 49.9 Å². The summed E-state index contributed by atoms with van der Waals surface area (Å²) in [5.41, 5.74) is 5.99. The molecule has 0 fully saturated rings. The topological polar surface area (TPSA) is 12.9 Å². The van der Waals surface area contributed by atoms with Gasteiger partial charge in [-0.25, -0.2) is 0 Å². The van der Waals surface area contributed by atoms with E-state index in [0.717, 1.165) is 5.69 Å². The number of thiophene rings is 1. The molecule has 2 heterocycles. The minimum absolute atomic E-state index is 1.06. The number of rotatable bonds is 4. The Morgan fingerprint density at radius 2 is 1.34 bits per heavy atom. The Morgan fingerprint density at radius 1 is 0.629 bits per heavy atom. The summed E-state index contributed by atoms with van der Waals surface area (Å²) in [5.74, 6) is 7.35. The van der Waals surface area contributed by atoms with Gasteiger partial charge < -0.3 is 0 Å². The maximum absolute atomic E-state index is 4.90. The average molecular weight is 530 g/mol. The first-order chi connectivity index (χ1) is 17.0. The zero-order chi connectivity index (χ0) is 24.0. The first-order valence-corrected chi connectivity index (χ1v) is 20.2. The third kappa shape index (κ3) is 4.22. The second-order valence-electron chi connectivity index (χ2n) is 10.1. The predicted molar refractivity (Wildman–Crippen MR) is 156 cm³/mol. The van der Waals surface area contributed by atoms with E-state index >= 15 is 0 Å². The standard InChI is InChI=1S/C32H27GeNS/c1-33(2,3)26-14-15-27-24(18-26)16-17-34-32(27)25-19-28(22-10-6-4-7-11-22)29-21-30(35-31(29)20-25)23-12-8-5-9-13-23/h4-21H,1-3H3. The Kier molecular flexibility index (Phi) is 5.59. The van der Waals surface area contributed by atoms with Gasteiger partial charge in [0.1, 0.15) is 0 Å². The minimum atomic E-state index is -1.91. The van der Waals surface area contributed by atoms with Crippen molar-refractivity contribution in [2.75, 3.05) is 0 Å². The summed E-state index contributed by atoms with van der Waals surface area (Å²) in [6.45, 7) is 0. The van der Waals surface area contributed by atoms with Crippen LogP contribution in [0.25, 0.3) is 53.7 Å². The molecule has 4 aromatic carbocycles. The summed E-state index contributed by atoms with van der Waals surface area (Å²) in [7, 11) is 0. The number of fused-ring (bicyclic) bond motifs is 2. The predicted octanol–water partition coefficient (Wildman–Crippen LogP) is 9.00. The van der Waals surface area contributed by atoms with Gasteiger partial charge in [0, 0.05) is 0 Å². The van der Waals surface area contributed by atoms with Gasteiger partial charge in [0.15, 0.2) is 0 Å². The molecule has 0 spiro atoms. The molecule has 0 aliphatic carbocycles. The number of hydrogen-bond donors (Lipinski definition) is 0. The van der Waals surface area contributed by atoms with E-state index in [9.17, 15) is 0 Å². The van der Waals surface area contributed by atoms with Crippen molar-refractivity contribution in [3.8, 4) is 32.8 Å². The summed E-state index contributed by atoms with van der Waals surface area (Å²) in [5, 5.41) is 3.80. The molecule has 0 radical (unpaired) electrons. The van der Waals surface area contributed by atoms with Gasteiger partial charge in [-0.15, -0.1) is 0 Å². The fourth-order valence-corrected chi connectivity index (χ4v) is 8.34. The van der Waals surface area contributed by atoms with E-state index in [-0.39, 0.29) is 0 Å². The number of benzene rings is 4. The zero-order valence-electron chi connectivity index (χ0n) is 20.2. The summed E-state index contributed by atoms with van der Waals surface area (Å²) in [6.07, 6.45) is 1.97.